The molecule has 1 aromatic carbocycles. The maximum atomic E-state index is 6.22. The van der Waals surface area contributed by atoms with Crippen LogP contribution in [0.3, 0.4) is 0 Å². The van der Waals surface area contributed by atoms with Crippen LogP contribution >= 0.6 is 0 Å². The second-order valence-electron chi connectivity index (χ2n) is 7.34. The third-order valence-electron chi connectivity index (χ3n) is 5.47. The highest BCUT2D eigenvalue weighted by molar-refractivity contribution is 5.85. The molecular formula is C25H22N6O. The summed E-state index contributed by atoms with van der Waals surface area (Å²) in [6.07, 6.45) is 6.06. The maximum Gasteiger partial charge on any atom is 0.165 e. The predicted molar refractivity (Wildman–Crippen MR) is 126 cm³/mol. The molecule has 0 amide bonds. The standard InChI is InChI=1S/C25H22N6O/c1-3-16-6-8-17(9-7-16)31-24(19-5-4-13-28-23(19)26)30-21-11-10-20(29-25(21)31)18-12-14-27-15-22(18)32-2/h4-15H,3H2,1-2H3,(H2,26,28). The van der Waals surface area contributed by atoms with Crippen LogP contribution in [-0.4, -0.2) is 31.6 Å². The highest BCUT2D eigenvalue weighted by Crippen LogP contribution is 2.33. The molecule has 0 fully saturated rings. The summed E-state index contributed by atoms with van der Waals surface area (Å²) >= 11 is 0. The molecule has 32 heavy (non-hydrogen) atoms. The number of ether oxygens (including phenoxy) is 1. The Morgan fingerprint density at radius 2 is 1.78 bits per heavy atom. The number of pyridine rings is 3. The summed E-state index contributed by atoms with van der Waals surface area (Å²) in [6, 6.07) is 18.0. The van der Waals surface area contributed by atoms with Gasteiger partial charge in [0, 0.05) is 23.6 Å². The van der Waals surface area contributed by atoms with Gasteiger partial charge in [-0.05, 0) is 54.4 Å². The topological polar surface area (TPSA) is 91.7 Å². The zero-order valence-electron chi connectivity index (χ0n) is 17.9. The quantitative estimate of drug-likeness (QED) is 0.441. The molecule has 2 N–H and O–H groups in total. The number of fused-ring (bicyclic) bond motifs is 1. The Kier molecular flexibility index (Phi) is 4.99. The largest absolute Gasteiger partial charge is 0.494 e. The van der Waals surface area contributed by atoms with Gasteiger partial charge in [0.15, 0.2) is 11.5 Å². The van der Waals surface area contributed by atoms with Crippen LogP contribution < -0.4 is 10.5 Å². The van der Waals surface area contributed by atoms with Crippen molar-refractivity contribution in [2.45, 2.75) is 13.3 Å². The normalized spacial score (nSPS) is 11.1. The van der Waals surface area contributed by atoms with Crippen LogP contribution in [0.1, 0.15) is 12.5 Å². The Morgan fingerprint density at radius 1 is 0.938 bits per heavy atom. The van der Waals surface area contributed by atoms with E-state index in [2.05, 4.69) is 41.2 Å². The number of imidazole rings is 1. The van der Waals surface area contributed by atoms with E-state index >= 15 is 0 Å². The van der Waals surface area contributed by atoms with Crippen molar-refractivity contribution in [2.75, 3.05) is 12.8 Å². The minimum Gasteiger partial charge on any atom is -0.494 e. The second kappa shape index (κ2) is 8.11. The zero-order chi connectivity index (χ0) is 22.1. The third-order valence-corrected chi connectivity index (χ3v) is 5.47. The lowest BCUT2D eigenvalue weighted by atomic mass is 10.1. The number of benzene rings is 1. The van der Waals surface area contributed by atoms with Crippen molar-refractivity contribution < 1.29 is 4.74 Å². The number of methoxy groups -OCH3 is 1. The van der Waals surface area contributed by atoms with Gasteiger partial charge < -0.3 is 10.5 Å². The Morgan fingerprint density at radius 3 is 2.53 bits per heavy atom. The first kappa shape index (κ1) is 19.7. The molecule has 0 aliphatic rings. The van der Waals surface area contributed by atoms with Crippen molar-refractivity contribution in [3.8, 4) is 34.1 Å². The molecule has 0 unspecified atom stereocenters. The summed E-state index contributed by atoms with van der Waals surface area (Å²) in [4.78, 5) is 18.3. The number of nitrogens with two attached hydrogens (primary N) is 1. The van der Waals surface area contributed by atoms with E-state index in [0.29, 0.717) is 17.4 Å². The van der Waals surface area contributed by atoms with Crippen molar-refractivity contribution in [1.29, 1.82) is 0 Å². The van der Waals surface area contributed by atoms with Gasteiger partial charge >= 0.3 is 0 Å². The number of hydrogen-bond donors (Lipinski definition) is 1. The number of aryl methyl sites for hydroxylation is 1. The van der Waals surface area contributed by atoms with Crippen LogP contribution in [0, 0.1) is 0 Å². The number of nitrogens with zero attached hydrogens (tertiary/aromatic N) is 5. The van der Waals surface area contributed by atoms with Crippen molar-refractivity contribution in [2.24, 2.45) is 0 Å². The number of hydrogen-bond acceptors (Lipinski definition) is 6. The molecule has 0 atom stereocenters. The highest BCUT2D eigenvalue weighted by atomic mass is 16.5. The van der Waals surface area contributed by atoms with E-state index < -0.39 is 0 Å². The minimum atomic E-state index is 0.422. The van der Waals surface area contributed by atoms with Crippen molar-refractivity contribution in [3.63, 3.8) is 0 Å². The maximum absolute atomic E-state index is 6.22. The van der Waals surface area contributed by atoms with E-state index in [1.165, 1.54) is 5.56 Å². The van der Waals surface area contributed by atoms with Gasteiger partial charge in [-0.2, -0.15) is 0 Å². The van der Waals surface area contributed by atoms with E-state index in [4.69, 9.17) is 20.4 Å². The molecule has 4 heterocycles. The van der Waals surface area contributed by atoms with Gasteiger partial charge in [-0.1, -0.05) is 19.1 Å². The Bertz CT molecular complexity index is 1410. The zero-order valence-corrected chi connectivity index (χ0v) is 17.9. The fourth-order valence-corrected chi connectivity index (χ4v) is 3.77. The number of rotatable bonds is 5. The summed E-state index contributed by atoms with van der Waals surface area (Å²) in [6.45, 7) is 2.14. The molecule has 0 aliphatic heterocycles. The molecular weight excluding hydrogens is 400 g/mol. The average molecular weight is 422 g/mol. The minimum absolute atomic E-state index is 0.422. The summed E-state index contributed by atoms with van der Waals surface area (Å²) in [5, 5.41) is 0. The third kappa shape index (κ3) is 3.33. The molecule has 7 heteroatoms. The van der Waals surface area contributed by atoms with E-state index in [1.54, 1.807) is 25.7 Å². The number of nitrogen functional groups attached to an aromatic ring is 1. The van der Waals surface area contributed by atoms with Crippen molar-refractivity contribution >= 4 is 17.0 Å². The Hall–Kier alpha value is -4.26. The van der Waals surface area contributed by atoms with Crippen LogP contribution in [-0.2, 0) is 6.42 Å². The van der Waals surface area contributed by atoms with Gasteiger partial charge in [0.05, 0.1) is 24.6 Å². The molecule has 158 valence electrons. The predicted octanol–water partition coefficient (Wildman–Crippen LogP) is 4.70. The van der Waals surface area contributed by atoms with Crippen LogP contribution in [0.2, 0.25) is 0 Å². The van der Waals surface area contributed by atoms with Gasteiger partial charge in [-0.25, -0.2) is 15.0 Å². The molecule has 0 spiro atoms. The van der Waals surface area contributed by atoms with Gasteiger partial charge in [0.2, 0.25) is 0 Å². The lowest BCUT2D eigenvalue weighted by Gasteiger charge is -2.12. The molecule has 0 saturated carbocycles. The molecule has 0 bridgehead atoms. The van der Waals surface area contributed by atoms with Gasteiger partial charge in [-0.15, -0.1) is 0 Å². The van der Waals surface area contributed by atoms with E-state index in [1.807, 2.05) is 34.9 Å². The summed E-state index contributed by atoms with van der Waals surface area (Å²) in [7, 11) is 1.63. The Labute approximate surface area is 185 Å². The molecule has 0 saturated heterocycles. The van der Waals surface area contributed by atoms with E-state index in [0.717, 1.165) is 40.1 Å². The molecule has 5 aromatic rings. The van der Waals surface area contributed by atoms with Crippen LogP contribution in [0.15, 0.2) is 73.2 Å². The fraction of sp³-hybridized carbons (Fsp3) is 0.120. The van der Waals surface area contributed by atoms with Crippen LogP contribution in [0.4, 0.5) is 5.82 Å². The monoisotopic (exact) mass is 422 g/mol. The van der Waals surface area contributed by atoms with Crippen molar-refractivity contribution in [3.05, 3.63) is 78.8 Å². The molecule has 5 rings (SSSR count). The second-order valence-corrected chi connectivity index (χ2v) is 7.34. The molecule has 7 nitrogen and oxygen atoms in total. The summed E-state index contributed by atoms with van der Waals surface area (Å²) in [5.74, 6) is 1.78. The fourth-order valence-electron chi connectivity index (χ4n) is 3.77. The highest BCUT2D eigenvalue weighted by Gasteiger charge is 2.19. The van der Waals surface area contributed by atoms with Crippen LogP contribution in [0.25, 0.3) is 39.5 Å². The molecule has 0 aliphatic carbocycles. The summed E-state index contributed by atoms with van der Waals surface area (Å²) in [5.41, 5.74) is 12.3. The van der Waals surface area contributed by atoms with Gasteiger partial charge in [0.1, 0.15) is 17.1 Å². The van der Waals surface area contributed by atoms with Gasteiger partial charge in [-0.3, -0.25) is 9.55 Å². The van der Waals surface area contributed by atoms with Crippen LogP contribution in [0.5, 0.6) is 5.75 Å². The Balaban J connectivity index is 1.79. The smallest absolute Gasteiger partial charge is 0.165 e. The lowest BCUT2D eigenvalue weighted by Crippen LogP contribution is -2.02. The average Bonchev–Trinajstić information content (AvgIpc) is 3.22. The lowest BCUT2D eigenvalue weighted by molar-refractivity contribution is 0.414. The first-order valence-electron chi connectivity index (χ1n) is 10.4. The van der Waals surface area contributed by atoms with E-state index in [-0.39, 0.29) is 0 Å². The number of aromatic nitrogens is 5. The first-order valence-corrected chi connectivity index (χ1v) is 10.4. The molecule has 0 radical (unpaired) electrons. The van der Waals surface area contributed by atoms with Gasteiger partial charge in [0.25, 0.3) is 0 Å². The van der Waals surface area contributed by atoms with E-state index in [9.17, 15) is 0 Å². The summed E-state index contributed by atoms with van der Waals surface area (Å²) < 4.78 is 7.52. The SMILES string of the molecule is CCc1ccc(-n2c(-c3cccnc3N)nc3ccc(-c4ccncc4OC)nc32)cc1. The van der Waals surface area contributed by atoms with Crippen molar-refractivity contribution in [1.82, 2.24) is 24.5 Å². The first-order chi connectivity index (χ1) is 15.7. The number of anilines is 1. The molecule has 4 aromatic heterocycles.